The topological polar surface area (TPSA) is 42.7 Å². The van der Waals surface area contributed by atoms with E-state index in [0.29, 0.717) is 5.56 Å². The maximum absolute atomic E-state index is 13.3. The molecule has 1 unspecified atom stereocenters. The Kier molecular flexibility index (Phi) is 4.49. The molecule has 1 N–H and O–H groups in total. The molecule has 1 atom stereocenters. The van der Waals surface area contributed by atoms with Crippen molar-refractivity contribution in [3.05, 3.63) is 41.0 Å². The molecule has 0 amide bonds. The predicted molar refractivity (Wildman–Crippen MR) is 77.5 cm³/mol. The molecule has 2 rings (SSSR count). The van der Waals surface area contributed by atoms with Gasteiger partial charge in [0.25, 0.3) is 0 Å². The van der Waals surface area contributed by atoms with Crippen LogP contribution in [0.3, 0.4) is 0 Å². The van der Waals surface area contributed by atoms with Crippen LogP contribution in [-0.4, -0.2) is 21.5 Å². The second-order valence-corrected chi connectivity index (χ2v) is 5.08. The lowest BCUT2D eigenvalue weighted by atomic mass is 10.1. The SMILES string of the molecule is CCCNC(C)c1nnn(-c2ccc(F)c(C)c2)c1C. The molecule has 5 heteroatoms. The summed E-state index contributed by atoms with van der Waals surface area (Å²) >= 11 is 0. The van der Waals surface area contributed by atoms with Crippen LogP contribution in [0.15, 0.2) is 18.2 Å². The maximum atomic E-state index is 13.3. The highest BCUT2D eigenvalue weighted by atomic mass is 19.1. The quantitative estimate of drug-likeness (QED) is 0.912. The van der Waals surface area contributed by atoms with Gasteiger partial charge in [-0.05, 0) is 57.5 Å². The van der Waals surface area contributed by atoms with Crippen LogP contribution < -0.4 is 5.32 Å². The Morgan fingerprint density at radius 1 is 1.35 bits per heavy atom. The number of aromatic nitrogens is 3. The van der Waals surface area contributed by atoms with Crippen LogP contribution in [0.25, 0.3) is 5.69 Å². The molecule has 0 aliphatic rings. The molecule has 4 nitrogen and oxygen atoms in total. The van der Waals surface area contributed by atoms with Crippen molar-refractivity contribution in [3.63, 3.8) is 0 Å². The van der Waals surface area contributed by atoms with Crippen molar-refractivity contribution in [2.45, 2.75) is 40.2 Å². The van der Waals surface area contributed by atoms with Crippen molar-refractivity contribution >= 4 is 0 Å². The lowest BCUT2D eigenvalue weighted by molar-refractivity contribution is 0.555. The number of halogens is 1. The van der Waals surface area contributed by atoms with Gasteiger partial charge in [0.2, 0.25) is 0 Å². The molecule has 0 radical (unpaired) electrons. The van der Waals surface area contributed by atoms with Gasteiger partial charge in [-0.3, -0.25) is 0 Å². The third kappa shape index (κ3) is 2.88. The highest BCUT2D eigenvalue weighted by Gasteiger charge is 2.16. The second-order valence-electron chi connectivity index (χ2n) is 5.08. The zero-order chi connectivity index (χ0) is 14.7. The fourth-order valence-electron chi connectivity index (χ4n) is 2.20. The van der Waals surface area contributed by atoms with Gasteiger partial charge in [0.1, 0.15) is 11.5 Å². The molecule has 0 bridgehead atoms. The lowest BCUT2D eigenvalue weighted by Gasteiger charge is -2.11. The summed E-state index contributed by atoms with van der Waals surface area (Å²) in [7, 11) is 0. The second kappa shape index (κ2) is 6.13. The largest absolute Gasteiger partial charge is 0.309 e. The van der Waals surface area contributed by atoms with Crippen molar-refractivity contribution in [2.75, 3.05) is 6.54 Å². The van der Waals surface area contributed by atoms with Crippen LogP contribution in [0.2, 0.25) is 0 Å². The zero-order valence-electron chi connectivity index (χ0n) is 12.4. The summed E-state index contributed by atoms with van der Waals surface area (Å²) in [6.45, 7) is 8.89. The van der Waals surface area contributed by atoms with E-state index in [0.717, 1.165) is 30.0 Å². The Bertz CT molecular complexity index is 592. The van der Waals surface area contributed by atoms with Gasteiger partial charge < -0.3 is 5.32 Å². The van der Waals surface area contributed by atoms with Gasteiger partial charge in [0.15, 0.2) is 0 Å². The first-order valence-corrected chi connectivity index (χ1v) is 6.96. The third-order valence-corrected chi connectivity index (χ3v) is 3.43. The van der Waals surface area contributed by atoms with E-state index < -0.39 is 0 Å². The number of benzene rings is 1. The Hall–Kier alpha value is -1.75. The van der Waals surface area contributed by atoms with Crippen molar-refractivity contribution in [1.82, 2.24) is 20.3 Å². The molecule has 108 valence electrons. The molecule has 1 aromatic heterocycles. The average molecular weight is 276 g/mol. The Balaban J connectivity index is 2.30. The minimum Gasteiger partial charge on any atom is -0.309 e. The van der Waals surface area contributed by atoms with Gasteiger partial charge >= 0.3 is 0 Å². The van der Waals surface area contributed by atoms with Crippen LogP contribution in [0.1, 0.15) is 43.3 Å². The minimum absolute atomic E-state index is 0.158. The van der Waals surface area contributed by atoms with E-state index in [4.69, 9.17) is 0 Å². The Morgan fingerprint density at radius 2 is 2.10 bits per heavy atom. The summed E-state index contributed by atoms with van der Waals surface area (Å²) < 4.78 is 15.1. The molecular weight excluding hydrogens is 255 g/mol. The van der Waals surface area contributed by atoms with Gasteiger partial charge in [0.05, 0.1) is 17.4 Å². The van der Waals surface area contributed by atoms with Gasteiger partial charge in [0, 0.05) is 0 Å². The van der Waals surface area contributed by atoms with Crippen LogP contribution in [-0.2, 0) is 0 Å². The van der Waals surface area contributed by atoms with Crippen LogP contribution in [0, 0.1) is 19.7 Å². The van der Waals surface area contributed by atoms with Crippen molar-refractivity contribution in [3.8, 4) is 5.69 Å². The van der Waals surface area contributed by atoms with E-state index in [1.807, 2.05) is 6.92 Å². The first kappa shape index (κ1) is 14.7. The number of nitrogens with zero attached hydrogens (tertiary/aromatic N) is 3. The summed E-state index contributed by atoms with van der Waals surface area (Å²) in [5, 5.41) is 11.8. The summed E-state index contributed by atoms with van der Waals surface area (Å²) in [4.78, 5) is 0. The Labute approximate surface area is 119 Å². The van der Waals surface area contributed by atoms with Gasteiger partial charge in [-0.25, -0.2) is 9.07 Å². The van der Waals surface area contributed by atoms with Gasteiger partial charge in [-0.2, -0.15) is 0 Å². The van der Waals surface area contributed by atoms with Gasteiger partial charge in [-0.15, -0.1) is 5.10 Å². The molecule has 20 heavy (non-hydrogen) atoms. The molecule has 0 saturated heterocycles. The first-order chi connectivity index (χ1) is 9.54. The molecule has 0 spiro atoms. The fourth-order valence-corrected chi connectivity index (χ4v) is 2.20. The number of hydrogen-bond acceptors (Lipinski definition) is 3. The molecule has 1 aromatic carbocycles. The number of hydrogen-bond donors (Lipinski definition) is 1. The average Bonchev–Trinajstić information content (AvgIpc) is 2.81. The molecule has 0 aliphatic heterocycles. The summed E-state index contributed by atoms with van der Waals surface area (Å²) in [5.74, 6) is -0.204. The van der Waals surface area contributed by atoms with Crippen molar-refractivity contribution < 1.29 is 4.39 Å². The fraction of sp³-hybridized carbons (Fsp3) is 0.467. The summed E-state index contributed by atoms with van der Waals surface area (Å²) in [6, 6.07) is 5.12. The zero-order valence-corrected chi connectivity index (χ0v) is 12.4. The molecule has 0 aliphatic carbocycles. The summed E-state index contributed by atoms with van der Waals surface area (Å²) in [6.07, 6.45) is 1.08. The highest BCUT2D eigenvalue weighted by Crippen LogP contribution is 2.19. The van der Waals surface area contributed by atoms with E-state index in [1.54, 1.807) is 23.7 Å². The predicted octanol–water partition coefficient (Wildman–Crippen LogP) is 3.08. The van der Waals surface area contributed by atoms with E-state index in [1.165, 1.54) is 6.07 Å². The van der Waals surface area contributed by atoms with E-state index in [9.17, 15) is 4.39 Å². The maximum Gasteiger partial charge on any atom is 0.126 e. The first-order valence-electron chi connectivity index (χ1n) is 6.96. The third-order valence-electron chi connectivity index (χ3n) is 3.43. The van der Waals surface area contributed by atoms with Crippen LogP contribution in [0.5, 0.6) is 0 Å². The number of rotatable bonds is 5. The summed E-state index contributed by atoms with van der Waals surface area (Å²) in [5.41, 5.74) is 3.35. The number of aryl methyl sites for hydroxylation is 1. The van der Waals surface area contributed by atoms with Gasteiger partial charge in [-0.1, -0.05) is 12.1 Å². The minimum atomic E-state index is -0.204. The highest BCUT2D eigenvalue weighted by molar-refractivity contribution is 5.37. The number of nitrogens with one attached hydrogen (secondary N) is 1. The standard InChI is InChI=1S/C15H21FN4/c1-5-8-17-11(3)15-12(4)20(19-18-15)13-6-7-14(16)10(2)9-13/h6-7,9,11,17H,5,8H2,1-4H3. The molecular formula is C15H21FN4. The monoisotopic (exact) mass is 276 g/mol. The normalized spacial score (nSPS) is 12.7. The van der Waals surface area contributed by atoms with Crippen molar-refractivity contribution in [2.24, 2.45) is 0 Å². The smallest absolute Gasteiger partial charge is 0.126 e. The van der Waals surface area contributed by atoms with Crippen LogP contribution >= 0.6 is 0 Å². The molecule has 0 saturated carbocycles. The molecule has 2 aromatic rings. The van der Waals surface area contributed by atoms with E-state index >= 15 is 0 Å². The van der Waals surface area contributed by atoms with Crippen LogP contribution in [0.4, 0.5) is 4.39 Å². The van der Waals surface area contributed by atoms with Crippen molar-refractivity contribution in [1.29, 1.82) is 0 Å². The Morgan fingerprint density at radius 3 is 2.75 bits per heavy atom. The van der Waals surface area contributed by atoms with E-state index in [2.05, 4.69) is 29.5 Å². The molecule has 0 fully saturated rings. The van der Waals surface area contributed by atoms with E-state index in [-0.39, 0.29) is 11.9 Å². The lowest BCUT2D eigenvalue weighted by Crippen LogP contribution is -2.20. The molecule has 1 heterocycles.